The van der Waals surface area contributed by atoms with Crippen molar-refractivity contribution in [3.63, 3.8) is 0 Å². The highest BCUT2D eigenvalue weighted by molar-refractivity contribution is 7.46. The summed E-state index contributed by atoms with van der Waals surface area (Å²) in [6.45, 7) is -0.584. The van der Waals surface area contributed by atoms with Crippen molar-refractivity contribution in [3.05, 3.63) is 0 Å². The van der Waals surface area contributed by atoms with Gasteiger partial charge in [0.1, 0.15) is 12.2 Å². The molecule has 15 heavy (non-hydrogen) atoms. The molecular weight excluding hydrogens is 231 g/mol. The van der Waals surface area contributed by atoms with Crippen LogP contribution in [0.2, 0.25) is 0 Å². The van der Waals surface area contributed by atoms with Crippen molar-refractivity contribution >= 4 is 7.82 Å². The lowest BCUT2D eigenvalue weighted by atomic mass is 10.0. The number of rotatable bonds is 3. The molecule has 0 amide bonds. The fraction of sp³-hybridized carbons (Fsp3) is 1.00. The van der Waals surface area contributed by atoms with Crippen molar-refractivity contribution in [3.8, 4) is 0 Å². The molecule has 1 fully saturated rings. The van der Waals surface area contributed by atoms with Crippen LogP contribution in [0.15, 0.2) is 0 Å². The third-order valence-electron chi connectivity index (χ3n) is 1.97. The first-order valence-electron chi connectivity index (χ1n) is 4.20. The van der Waals surface area contributed by atoms with Crippen LogP contribution in [0.3, 0.4) is 0 Å². The summed E-state index contributed by atoms with van der Waals surface area (Å²) in [5.41, 5.74) is 0. The SMILES string of the molecule is O=P(O)(O)O[C@H]1C[C@@H](O)[C@H](O)[C@@H](CO)O1. The lowest BCUT2D eigenvalue weighted by Gasteiger charge is -2.35. The Morgan fingerprint density at radius 3 is 2.47 bits per heavy atom. The predicted octanol–water partition coefficient (Wildman–Crippen LogP) is -2.08. The molecule has 0 aliphatic carbocycles. The summed E-state index contributed by atoms with van der Waals surface area (Å²) in [5.74, 6) is 0. The summed E-state index contributed by atoms with van der Waals surface area (Å²) >= 11 is 0. The second-order valence-electron chi connectivity index (χ2n) is 3.18. The van der Waals surface area contributed by atoms with Crippen LogP contribution in [0.4, 0.5) is 0 Å². The van der Waals surface area contributed by atoms with Gasteiger partial charge >= 0.3 is 7.82 Å². The monoisotopic (exact) mass is 244 g/mol. The molecule has 9 heteroatoms. The van der Waals surface area contributed by atoms with E-state index in [0.717, 1.165) is 0 Å². The van der Waals surface area contributed by atoms with Crippen molar-refractivity contribution in [1.82, 2.24) is 0 Å². The second-order valence-corrected chi connectivity index (χ2v) is 4.37. The summed E-state index contributed by atoms with van der Waals surface area (Å²) in [7, 11) is -4.72. The molecular formula is C6H13O8P. The molecule has 90 valence electrons. The van der Waals surface area contributed by atoms with E-state index < -0.39 is 39.0 Å². The van der Waals surface area contributed by atoms with Crippen LogP contribution < -0.4 is 0 Å². The van der Waals surface area contributed by atoms with Crippen LogP contribution in [-0.2, 0) is 13.8 Å². The summed E-state index contributed by atoms with van der Waals surface area (Å²) in [5, 5.41) is 27.3. The minimum Gasteiger partial charge on any atom is -0.394 e. The van der Waals surface area contributed by atoms with Gasteiger partial charge in [-0.2, -0.15) is 0 Å². The first kappa shape index (κ1) is 13.0. The summed E-state index contributed by atoms with van der Waals surface area (Å²) in [4.78, 5) is 17.0. The number of hydrogen-bond acceptors (Lipinski definition) is 6. The van der Waals surface area contributed by atoms with Gasteiger partial charge in [-0.05, 0) is 0 Å². The topological polar surface area (TPSA) is 137 Å². The van der Waals surface area contributed by atoms with E-state index >= 15 is 0 Å². The maximum absolute atomic E-state index is 10.5. The highest BCUT2D eigenvalue weighted by Gasteiger charge is 2.39. The second kappa shape index (κ2) is 4.86. The largest absolute Gasteiger partial charge is 0.471 e. The fourth-order valence-corrected chi connectivity index (χ4v) is 1.73. The molecule has 0 aromatic carbocycles. The molecule has 0 aromatic rings. The Bertz CT molecular complexity index is 252. The Hall–Kier alpha value is -0.0500. The number of aliphatic hydroxyl groups excluding tert-OH is 3. The van der Waals surface area contributed by atoms with Gasteiger partial charge in [-0.25, -0.2) is 4.57 Å². The number of ether oxygens (including phenoxy) is 1. The molecule has 0 spiro atoms. The van der Waals surface area contributed by atoms with Crippen molar-refractivity contribution < 1.29 is 38.9 Å². The Balaban J connectivity index is 2.59. The molecule has 0 saturated carbocycles. The van der Waals surface area contributed by atoms with Gasteiger partial charge in [0.05, 0.1) is 12.7 Å². The van der Waals surface area contributed by atoms with Crippen LogP contribution in [-0.4, -0.2) is 56.3 Å². The molecule has 0 radical (unpaired) electrons. The Morgan fingerprint density at radius 2 is 2.00 bits per heavy atom. The van der Waals surface area contributed by atoms with Gasteiger partial charge in [-0.3, -0.25) is 4.52 Å². The predicted molar refractivity (Wildman–Crippen MR) is 45.5 cm³/mol. The third-order valence-corrected chi connectivity index (χ3v) is 2.48. The van der Waals surface area contributed by atoms with E-state index in [1.54, 1.807) is 0 Å². The standard InChI is InChI=1S/C6H13O8P/c7-2-4-6(9)3(8)1-5(13-4)14-15(10,11)12/h3-9H,1-2H2,(H2,10,11,12)/t3-,4-,5+,6+/m1/s1. The summed E-state index contributed by atoms with van der Waals surface area (Å²) in [6, 6.07) is 0. The Morgan fingerprint density at radius 1 is 1.40 bits per heavy atom. The minimum absolute atomic E-state index is 0.275. The van der Waals surface area contributed by atoms with Gasteiger partial charge in [-0.1, -0.05) is 0 Å². The molecule has 0 unspecified atom stereocenters. The van der Waals surface area contributed by atoms with Gasteiger partial charge < -0.3 is 29.8 Å². The number of phosphoric acid groups is 1. The van der Waals surface area contributed by atoms with E-state index in [4.69, 9.17) is 19.6 Å². The smallest absolute Gasteiger partial charge is 0.394 e. The quantitative estimate of drug-likeness (QED) is 0.357. The third kappa shape index (κ3) is 3.78. The van der Waals surface area contributed by atoms with E-state index in [1.807, 2.05) is 0 Å². The molecule has 1 rings (SSSR count). The van der Waals surface area contributed by atoms with E-state index in [2.05, 4.69) is 4.52 Å². The minimum atomic E-state index is -4.72. The van der Waals surface area contributed by atoms with Crippen LogP contribution in [0, 0.1) is 0 Å². The Labute approximate surface area is 85.3 Å². The van der Waals surface area contributed by atoms with Crippen molar-refractivity contribution in [2.75, 3.05) is 6.61 Å². The van der Waals surface area contributed by atoms with E-state index in [1.165, 1.54) is 0 Å². The molecule has 1 aliphatic rings. The molecule has 0 bridgehead atoms. The summed E-state index contributed by atoms with van der Waals surface area (Å²) in [6.07, 6.45) is -5.30. The van der Waals surface area contributed by atoms with Crippen molar-refractivity contribution in [2.45, 2.75) is 31.0 Å². The first-order chi connectivity index (χ1) is 6.83. The first-order valence-corrected chi connectivity index (χ1v) is 5.73. The average Bonchev–Trinajstić information content (AvgIpc) is 2.08. The molecule has 1 aliphatic heterocycles. The zero-order valence-corrected chi connectivity index (χ0v) is 8.53. The average molecular weight is 244 g/mol. The molecule has 4 atom stereocenters. The number of phosphoric ester groups is 1. The molecule has 1 heterocycles. The van der Waals surface area contributed by atoms with E-state index in [-0.39, 0.29) is 6.42 Å². The van der Waals surface area contributed by atoms with Gasteiger partial charge in [-0.15, -0.1) is 0 Å². The van der Waals surface area contributed by atoms with Gasteiger partial charge in [0.25, 0.3) is 0 Å². The van der Waals surface area contributed by atoms with E-state index in [0.29, 0.717) is 0 Å². The van der Waals surface area contributed by atoms with Gasteiger partial charge in [0.15, 0.2) is 6.29 Å². The molecule has 0 aromatic heterocycles. The van der Waals surface area contributed by atoms with Crippen molar-refractivity contribution in [1.29, 1.82) is 0 Å². The zero-order valence-electron chi connectivity index (χ0n) is 7.63. The maximum Gasteiger partial charge on any atom is 0.471 e. The maximum atomic E-state index is 10.5. The molecule has 5 N–H and O–H groups in total. The fourth-order valence-electron chi connectivity index (χ4n) is 1.29. The van der Waals surface area contributed by atoms with Gasteiger partial charge in [0.2, 0.25) is 0 Å². The lowest BCUT2D eigenvalue weighted by Crippen LogP contribution is -2.50. The Kier molecular flexibility index (Phi) is 4.21. The highest BCUT2D eigenvalue weighted by atomic mass is 31.2. The van der Waals surface area contributed by atoms with Crippen LogP contribution in [0.1, 0.15) is 6.42 Å². The van der Waals surface area contributed by atoms with Crippen LogP contribution in [0.25, 0.3) is 0 Å². The highest BCUT2D eigenvalue weighted by Crippen LogP contribution is 2.40. The molecule has 8 nitrogen and oxygen atoms in total. The van der Waals surface area contributed by atoms with Crippen LogP contribution >= 0.6 is 7.82 Å². The van der Waals surface area contributed by atoms with Crippen molar-refractivity contribution in [2.24, 2.45) is 0 Å². The lowest BCUT2D eigenvalue weighted by molar-refractivity contribution is -0.233. The number of aliphatic hydroxyl groups is 3. The normalized spacial score (nSPS) is 37.9. The van der Waals surface area contributed by atoms with Crippen LogP contribution in [0.5, 0.6) is 0 Å². The summed E-state index contributed by atoms with van der Waals surface area (Å²) < 4.78 is 19.5. The molecule has 1 saturated heterocycles. The van der Waals surface area contributed by atoms with Gasteiger partial charge in [0, 0.05) is 6.42 Å². The van der Waals surface area contributed by atoms with E-state index in [9.17, 15) is 14.8 Å². The zero-order chi connectivity index (χ0) is 11.6. The number of hydrogen-bond donors (Lipinski definition) is 5.